The van der Waals surface area contributed by atoms with Crippen molar-refractivity contribution in [2.75, 3.05) is 5.32 Å². The SMILES string of the molecule is CC(C)(N)CCC(=O)Nc1ccc(S(=O)(=O)C(F)F)cc1. The number of benzene rings is 1. The summed E-state index contributed by atoms with van der Waals surface area (Å²) in [7, 11) is -4.61. The number of amides is 1. The molecule has 0 bridgehead atoms. The molecule has 0 aliphatic heterocycles. The first-order valence-electron chi connectivity index (χ1n) is 6.23. The lowest BCUT2D eigenvalue weighted by Gasteiger charge is -2.17. The Labute approximate surface area is 122 Å². The first kappa shape index (κ1) is 17.5. The molecular weight excluding hydrogens is 302 g/mol. The Balaban J connectivity index is 2.70. The fourth-order valence-electron chi connectivity index (χ4n) is 1.49. The molecule has 1 amide bonds. The van der Waals surface area contributed by atoms with E-state index in [9.17, 15) is 22.0 Å². The number of alkyl halides is 2. The quantitative estimate of drug-likeness (QED) is 0.840. The number of carbonyl (C=O) groups is 1. The van der Waals surface area contributed by atoms with Crippen molar-refractivity contribution in [3.8, 4) is 0 Å². The molecule has 0 spiro atoms. The summed E-state index contributed by atoms with van der Waals surface area (Å²) >= 11 is 0. The fraction of sp³-hybridized carbons (Fsp3) is 0.462. The zero-order chi connectivity index (χ0) is 16.3. The summed E-state index contributed by atoms with van der Waals surface area (Å²) in [6.45, 7) is 3.59. The molecule has 0 heterocycles. The molecule has 0 fully saturated rings. The molecule has 21 heavy (non-hydrogen) atoms. The van der Waals surface area contributed by atoms with E-state index in [0.29, 0.717) is 12.1 Å². The molecule has 1 aromatic carbocycles. The monoisotopic (exact) mass is 320 g/mol. The second kappa shape index (κ2) is 6.48. The average Bonchev–Trinajstić information content (AvgIpc) is 2.36. The van der Waals surface area contributed by atoms with E-state index in [1.807, 2.05) is 0 Å². The third-order valence-corrected chi connectivity index (χ3v) is 4.10. The number of rotatable bonds is 6. The Kier molecular flexibility index (Phi) is 5.41. The molecule has 8 heteroatoms. The molecular formula is C13H18F2N2O3S. The zero-order valence-electron chi connectivity index (χ0n) is 11.8. The Morgan fingerprint density at radius 3 is 2.24 bits per heavy atom. The van der Waals surface area contributed by atoms with Crippen LogP contribution in [-0.2, 0) is 14.6 Å². The van der Waals surface area contributed by atoms with Crippen molar-refractivity contribution in [3.63, 3.8) is 0 Å². The van der Waals surface area contributed by atoms with E-state index in [-0.39, 0.29) is 12.3 Å². The first-order chi connectivity index (χ1) is 9.52. The van der Waals surface area contributed by atoms with Gasteiger partial charge in [0.2, 0.25) is 15.7 Å². The maximum absolute atomic E-state index is 12.4. The van der Waals surface area contributed by atoms with Gasteiger partial charge in [0.15, 0.2) is 0 Å². The smallest absolute Gasteiger partial charge is 0.326 e. The van der Waals surface area contributed by atoms with Gasteiger partial charge < -0.3 is 11.1 Å². The summed E-state index contributed by atoms with van der Waals surface area (Å²) in [5, 5.41) is 2.55. The Hall–Kier alpha value is -1.54. The van der Waals surface area contributed by atoms with Gasteiger partial charge in [-0.2, -0.15) is 8.78 Å². The van der Waals surface area contributed by atoms with Crippen molar-refractivity contribution in [2.24, 2.45) is 5.73 Å². The molecule has 0 saturated heterocycles. The summed E-state index contributed by atoms with van der Waals surface area (Å²) in [4.78, 5) is 11.2. The molecule has 0 aromatic heterocycles. The highest BCUT2D eigenvalue weighted by molar-refractivity contribution is 7.91. The van der Waals surface area contributed by atoms with Crippen LogP contribution in [0.4, 0.5) is 14.5 Å². The predicted molar refractivity (Wildman–Crippen MR) is 75.8 cm³/mol. The first-order valence-corrected chi connectivity index (χ1v) is 7.78. The lowest BCUT2D eigenvalue weighted by atomic mass is 10.00. The number of halogens is 2. The van der Waals surface area contributed by atoms with Crippen LogP contribution < -0.4 is 11.1 Å². The van der Waals surface area contributed by atoms with Crippen LogP contribution >= 0.6 is 0 Å². The summed E-state index contributed by atoms with van der Waals surface area (Å²) < 4.78 is 47.2. The highest BCUT2D eigenvalue weighted by Crippen LogP contribution is 2.20. The van der Waals surface area contributed by atoms with E-state index < -0.39 is 26.0 Å². The van der Waals surface area contributed by atoms with Gasteiger partial charge in [-0.1, -0.05) is 0 Å². The van der Waals surface area contributed by atoms with Gasteiger partial charge in [0.05, 0.1) is 4.90 Å². The molecule has 0 unspecified atom stereocenters. The maximum atomic E-state index is 12.4. The van der Waals surface area contributed by atoms with Gasteiger partial charge >= 0.3 is 5.76 Å². The average molecular weight is 320 g/mol. The lowest BCUT2D eigenvalue weighted by molar-refractivity contribution is -0.116. The Morgan fingerprint density at radius 1 is 1.29 bits per heavy atom. The van der Waals surface area contributed by atoms with Crippen molar-refractivity contribution in [1.82, 2.24) is 0 Å². The second-order valence-corrected chi connectivity index (χ2v) is 7.28. The Morgan fingerprint density at radius 2 is 1.81 bits per heavy atom. The highest BCUT2D eigenvalue weighted by Gasteiger charge is 2.26. The molecule has 1 aromatic rings. The third-order valence-electron chi connectivity index (χ3n) is 2.70. The number of hydrogen-bond acceptors (Lipinski definition) is 4. The van der Waals surface area contributed by atoms with Gasteiger partial charge in [0.25, 0.3) is 0 Å². The van der Waals surface area contributed by atoms with Gasteiger partial charge in [-0.3, -0.25) is 4.79 Å². The molecule has 0 aliphatic carbocycles. The van der Waals surface area contributed by atoms with E-state index in [4.69, 9.17) is 5.73 Å². The molecule has 0 radical (unpaired) electrons. The topological polar surface area (TPSA) is 89.3 Å². The molecule has 118 valence electrons. The summed E-state index contributed by atoms with van der Waals surface area (Å²) in [5.74, 6) is -3.75. The minimum atomic E-state index is -4.61. The van der Waals surface area contributed by atoms with Crippen molar-refractivity contribution >= 4 is 21.4 Å². The fourth-order valence-corrected chi connectivity index (χ4v) is 2.21. The van der Waals surface area contributed by atoms with Crippen LogP contribution in [0.1, 0.15) is 26.7 Å². The van der Waals surface area contributed by atoms with E-state index in [1.165, 1.54) is 12.1 Å². The van der Waals surface area contributed by atoms with E-state index >= 15 is 0 Å². The van der Waals surface area contributed by atoms with Gasteiger partial charge in [-0.25, -0.2) is 8.42 Å². The van der Waals surface area contributed by atoms with Crippen LogP contribution in [0, 0.1) is 0 Å². The van der Waals surface area contributed by atoms with Crippen LogP contribution in [0.25, 0.3) is 0 Å². The minimum Gasteiger partial charge on any atom is -0.326 e. The van der Waals surface area contributed by atoms with Gasteiger partial charge in [0.1, 0.15) is 0 Å². The van der Waals surface area contributed by atoms with E-state index in [0.717, 1.165) is 12.1 Å². The largest absolute Gasteiger partial charge is 0.341 e. The van der Waals surface area contributed by atoms with Crippen LogP contribution in [-0.4, -0.2) is 25.6 Å². The van der Waals surface area contributed by atoms with Crippen molar-refractivity contribution in [3.05, 3.63) is 24.3 Å². The Bertz CT molecular complexity index is 593. The maximum Gasteiger partial charge on any atom is 0.341 e. The molecule has 5 nitrogen and oxygen atoms in total. The molecule has 3 N–H and O–H groups in total. The molecule has 0 atom stereocenters. The molecule has 0 aliphatic rings. The van der Waals surface area contributed by atoms with E-state index in [2.05, 4.69) is 5.32 Å². The summed E-state index contributed by atoms with van der Waals surface area (Å²) in [6.07, 6.45) is 0.692. The van der Waals surface area contributed by atoms with E-state index in [1.54, 1.807) is 13.8 Å². The standard InChI is InChI=1S/C13H18F2N2O3S/c1-13(2,16)8-7-11(18)17-9-3-5-10(6-4-9)21(19,20)12(14)15/h3-6,12H,7-8,16H2,1-2H3,(H,17,18). The van der Waals surface area contributed by atoms with Crippen LogP contribution in [0.5, 0.6) is 0 Å². The van der Waals surface area contributed by atoms with Crippen molar-refractivity contribution in [2.45, 2.75) is 42.9 Å². The number of nitrogens with two attached hydrogens (primary N) is 1. The molecule has 0 saturated carbocycles. The van der Waals surface area contributed by atoms with Gasteiger partial charge in [-0.15, -0.1) is 0 Å². The van der Waals surface area contributed by atoms with Crippen LogP contribution in [0.2, 0.25) is 0 Å². The number of carbonyl (C=O) groups excluding carboxylic acids is 1. The highest BCUT2D eigenvalue weighted by atomic mass is 32.2. The lowest BCUT2D eigenvalue weighted by Crippen LogP contribution is -2.33. The number of hydrogen-bond donors (Lipinski definition) is 2. The number of nitrogens with one attached hydrogen (secondary N) is 1. The molecule has 1 rings (SSSR count). The minimum absolute atomic E-state index is 0.209. The van der Waals surface area contributed by atoms with Crippen LogP contribution in [0.3, 0.4) is 0 Å². The normalized spacial score (nSPS) is 12.5. The van der Waals surface area contributed by atoms with Crippen molar-refractivity contribution in [1.29, 1.82) is 0 Å². The third kappa shape index (κ3) is 5.39. The summed E-state index contributed by atoms with van der Waals surface area (Å²) in [5.41, 5.74) is 5.63. The number of sulfone groups is 1. The second-order valence-electron chi connectivity index (χ2n) is 5.37. The van der Waals surface area contributed by atoms with Gasteiger partial charge in [-0.05, 0) is 44.5 Å². The van der Waals surface area contributed by atoms with Crippen molar-refractivity contribution < 1.29 is 22.0 Å². The van der Waals surface area contributed by atoms with Crippen LogP contribution in [0.15, 0.2) is 29.2 Å². The zero-order valence-corrected chi connectivity index (χ0v) is 12.6. The summed E-state index contributed by atoms with van der Waals surface area (Å²) in [6, 6.07) is 4.59. The number of anilines is 1. The van der Waals surface area contributed by atoms with Gasteiger partial charge in [0, 0.05) is 17.6 Å². The predicted octanol–water partition coefficient (Wildman–Crippen LogP) is 2.14.